The Kier molecular flexibility index (Phi) is 8.25. The lowest BCUT2D eigenvalue weighted by Gasteiger charge is -2.22. The van der Waals surface area contributed by atoms with Crippen molar-refractivity contribution in [3.05, 3.63) is 64.1 Å². The van der Waals surface area contributed by atoms with E-state index in [2.05, 4.69) is 26.6 Å². The molecule has 6 nitrogen and oxygen atoms in total. The SMILES string of the molecule is N#C/C(=C\c1ccc(OCC(=O)NC2CCCCC2)cc1)C(=O)Nc1cccc(Br)c1. The molecule has 2 aromatic carbocycles. The zero-order valence-corrected chi connectivity index (χ0v) is 18.7. The minimum absolute atomic E-state index is 0.0134. The number of nitrogens with zero attached hydrogens (tertiary/aromatic N) is 1. The smallest absolute Gasteiger partial charge is 0.266 e. The lowest BCUT2D eigenvalue weighted by Crippen LogP contribution is -2.38. The van der Waals surface area contributed by atoms with Gasteiger partial charge >= 0.3 is 0 Å². The Morgan fingerprint density at radius 1 is 1.13 bits per heavy atom. The summed E-state index contributed by atoms with van der Waals surface area (Å²) in [6, 6.07) is 16.2. The van der Waals surface area contributed by atoms with Crippen molar-refractivity contribution in [3.8, 4) is 11.8 Å². The van der Waals surface area contributed by atoms with Crippen LogP contribution in [0.4, 0.5) is 5.69 Å². The van der Waals surface area contributed by atoms with E-state index in [0.717, 1.165) is 30.2 Å². The van der Waals surface area contributed by atoms with Crippen molar-refractivity contribution in [2.24, 2.45) is 0 Å². The van der Waals surface area contributed by atoms with Gasteiger partial charge in [0.1, 0.15) is 17.4 Å². The maximum atomic E-state index is 12.4. The topological polar surface area (TPSA) is 91.2 Å². The highest BCUT2D eigenvalue weighted by Gasteiger charge is 2.16. The predicted octanol–water partition coefficient (Wildman–Crippen LogP) is 4.82. The summed E-state index contributed by atoms with van der Waals surface area (Å²) in [4.78, 5) is 24.4. The van der Waals surface area contributed by atoms with Crippen LogP contribution in [0.5, 0.6) is 5.75 Å². The summed E-state index contributed by atoms with van der Waals surface area (Å²) in [7, 11) is 0. The molecule has 2 N–H and O–H groups in total. The molecule has 0 heterocycles. The van der Waals surface area contributed by atoms with Gasteiger partial charge in [0.05, 0.1) is 0 Å². The van der Waals surface area contributed by atoms with Crippen molar-refractivity contribution in [3.63, 3.8) is 0 Å². The number of amides is 2. The number of carbonyl (C=O) groups excluding carboxylic acids is 2. The lowest BCUT2D eigenvalue weighted by atomic mass is 9.95. The highest BCUT2D eigenvalue weighted by molar-refractivity contribution is 9.10. The van der Waals surface area contributed by atoms with Gasteiger partial charge in [0, 0.05) is 16.2 Å². The van der Waals surface area contributed by atoms with Gasteiger partial charge in [-0.15, -0.1) is 0 Å². The molecule has 0 radical (unpaired) electrons. The molecule has 1 aliphatic carbocycles. The molecular formula is C24H24BrN3O3. The van der Waals surface area contributed by atoms with Gasteiger partial charge in [0.15, 0.2) is 6.61 Å². The molecule has 160 valence electrons. The maximum Gasteiger partial charge on any atom is 0.266 e. The van der Waals surface area contributed by atoms with Crippen molar-refractivity contribution < 1.29 is 14.3 Å². The first-order chi connectivity index (χ1) is 15.0. The van der Waals surface area contributed by atoms with Crippen molar-refractivity contribution in [2.45, 2.75) is 38.1 Å². The number of nitriles is 1. The molecular weight excluding hydrogens is 458 g/mol. The average molecular weight is 482 g/mol. The first kappa shape index (κ1) is 22.6. The van der Waals surface area contributed by atoms with E-state index in [1.165, 1.54) is 12.5 Å². The number of hydrogen-bond acceptors (Lipinski definition) is 4. The van der Waals surface area contributed by atoms with Crippen LogP contribution in [0.15, 0.2) is 58.6 Å². The molecule has 0 atom stereocenters. The minimum Gasteiger partial charge on any atom is -0.484 e. The van der Waals surface area contributed by atoms with Crippen LogP contribution >= 0.6 is 15.9 Å². The first-order valence-corrected chi connectivity index (χ1v) is 11.0. The van der Waals surface area contributed by atoms with Crippen LogP contribution in [-0.2, 0) is 9.59 Å². The van der Waals surface area contributed by atoms with Crippen LogP contribution in [0.25, 0.3) is 6.08 Å². The summed E-state index contributed by atoms with van der Waals surface area (Å²) < 4.78 is 6.38. The molecule has 1 saturated carbocycles. The Balaban J connectivity index is 1.54. The Morgan fingerprint density at radius 3 is 2.55 bits per heavy atom. The molecule has 0 bridgehead atoms. The molecule has 0 aliphatic heterocycles. The summed E-state index contributed by atoms with van der Waals surface area (Å²) in [5.41, 5.74) is 1.26. The summed E-state index contributed by atoms with van der Waals surface area (Å²) in [5, 5.41) is 15.1. The summed E-state index contributed by atoms with van der Waals surface area (Å²) in [6.45, 7) is -0.0375. The lowest BCUT2D eigenvalue weighted by molar-refractivity contribution is -0.124. The van der Waals surface area contributed by atoms with Crippen LogP contribution < -0.4 is 15.4 Å². The Morgan fingerprint density at radius 2 is 1.87 bits per heavy atom. The van der Waals surface area contributed by atoms with Gasteiger partial charge in [-0.05, 0) is 54.8 Å². The van der Waals surface area contributed by atoms with Crippen molar-refractivity contribution in [1.29, 1.82) is 5.26 Å². The van der Waals surface area contributed by atoms with Crippen molar-refractivity contribution in [1.82, 2.24) is 5.32 Å². The number of halogens is 1. The van der Waals surface area contributed by atoms with E-state index in [-0.39, 0.29) is 24.1 Å². The number of carbonyl (C=O) groups is 2. The molecule has 0 aromatic heterocycles. The molecule has 7 heteroatoms. The van der Waals surface area contributed by atoms with Gasteiger partial charge in [-0.1, -0.05) is 53.4 Å². The van der Waals surface area contributed by atoms with Crippen LogP contribution in [-0.4, -0.2) is 24.5 Å². The number of nitrogens with one attached hydrogen (secondary N) is 2. The van der Waals surface area contributed by atoms with Crippen LogP contribution in [0.2, 0.25) is 0 Å². The van der Waals surface area contributed by atoms with Crippen molar-refractivity contribution >= 4 is 39.5 Å². The number of rotatable bonds is 7. The fourth-order valence-electron chi connectivity index (χ4n) is 3.41. The first-order valence-electron chi connectivity index (χ1n) is 10.2. The van der Waals surface area contributed by atoms with Crippen LogP contribution in [0, 0.1) is 11.3 Å². The number of anilines is 1. The average Bonchev–Trinajstić information content (AvgIpc) is 2.77. The van der Waals surface area contributed by atoms with Gasteiger partial charge in [0.2, 0.25) is 0 Å². The Bertz CT molecular complexity index is 990. The fourth-order valence-corrected chi connectivity index (χ4v) is 3.80. The fraction of sp³-hybridized carbons (Fsp3) is 0.292. The summed E-state index contributed by atoms with van der Waals surface area (Å²) in [6.07, 6.45) is 7.13. The molecule has 3 rings (SSSR count). The standard InChI is InChI=1S/C24H24BrN3O3/c25-19-5-4-8-21(14-19)28-24(30)18(15-26)13-17-9-11-22(12-10-17)31-16-23(29)27-20-6-2-1-3-7-20/h4-5,8-14,20H,1-3,6-7,16H2,(H,27,29)(H,28,30)/b18-13+. The van der Waals surface area contributed by atoms with E-state index in [0.29, 0.717) is 17.0 Å². The Labute approximate surface area is 190 Å². The number of hydrogen-bond donors (Lipinski definition) is 2. The van der Waals surface area contributed by atoms with E-state index >= 15 is 0 Å². The summed E-state index contributed by atoms with van der Waals surface area (Å²) in [5.74, 6) is -0.0554. The molecule has 0 saturated heterocycles. The van der Waals surface area contributed by atoms with Gasteiger partial charge in [0.25, 0.3) is 11.8 Å². The molecule has 2 amide bonds. The highest BCUT2D eigenvalue weighted by Crippen LogP contribution is 2.19. The minimum atomic E-state index is -0.486. The maximum absolute atomic E-state index is 12.4. The van der Waals surface area contributed by atoms with Gasteiger partial charge in [-0.3, -0.25) is 9.59 Å². The van der Waals surface area contributed by atoms with E-state index in [1.807, 2.05) is 12.1 Å². The molecule has 0 spiro atoms. The summed E-state index contributed by atoms with van der Waals surface area (Å²) >= 11 is 3.35. The zero-order chi connectivity index (χ0) is 22.1. The van der Waals surface area contributed by atoms with Gasteiger partial charge in [-0.25, -0.2) is 0 Å². The van der Waals surface area contributed by atoms with Gasteiger partial charge < -0.3 is 15.4 Å². The van der Waals surface area contributed by atoms with Gasteiger partial charge in [-0.2, -0.15) is 5.26 Å². The number of ether oxygens (including phenoxy) is 1. The largest absolute Gasteiger partial charge is 0.484 e. The predicted molar refractivity (Wildman–Crippen MR) is 123 cm³/mol. The third-order valence-electron chi connectivity index (χ3n) is 4.98. The van der Waals surface area contributed by atoms with E-state index < -0.39 is 5.91 Å². The Hall–Kier alpha value is -3.11. The van der Waals surface area contributed by atoms with E-state index in [4.69, 9.17) is 4.74 Å². The molecule has 1 fully saturated rings. The van der Waals surface area contributed by atoms with Crippen LogP contribution in [0.1, 0.15) is 37.7 Å². The van der Waals surface area contributed by atoms with E-state index in [9.17, 15) is 14.9 Å². The zero-order valence-electron chi connectivity index (χ0n) is 17.1. The second kappa shape index (κ2) is 11.3. The van der Waals surface area contributed by atoms with E-state index in [1.54, 1.807) is 42.5 Å². The highest BCUT2D eigenvalue weighted by atomic mass is 79.9. The molecule has 2 aromatic rings. The molecule has 31 heavy (non-hydrogen) atoms. The molecule has 1 aliphatic rings. The van der Waals surface area contributed by atoms with Crippen LogP contribution in [0.3, 0.4) is 0 Å². The third-order valence-corrected chi connectivity index (χ3v) is 5.47. The second-order valence-electron chi connectivity index (χ2n) is 7.39. The number of benzene rings is 2. The third kappa shape index (κ3) is 7.26. The molecule has 0 unspecified atom stereocenters. The normalized spacial score (nSPS) is 14.4. The second-order valence-corrected chi connectivity index (χ2v) is 8.31. The monoisotopic (exact) mass is 481 g/mol. The van der Waals surface area contributed by atoms with Crippen molar-refractivity contribution in [2.75, 3.05) is 11.9 Å². The quantitative estimate of drug-likeness (QED) is 0.437.